The third-order valence-electron chi connectivity index (χ3n) is 3.86. The molecule has 0 bridgehead atoms. The van der Waals surface area contributed by atoms with E-state index in [1.165, 1.54) is 32.1 Å². The Hall–Kier alpha value is -0.180. The van der Waals surface area contributed by atoms with Gasteiger partial charge in [-0.1, -0.05) is 33.1 Å². The van der Waals surface area contributed by atoms with Crippen molar-refractivity contribution in [1.82, 2.24) is 0 Å². The minimum absolute atomic E-state index is 0.236. The first-order valence-corrected chi connectivity index (χ1v) is 7.23. The van der Waals surface area contributed by atoms with Crippen LogP contribution in [0.5, 0.6) is 0 Å². The number of hydrogen-bond donors (Lipinski definition) is 1. The molecular formula is C13H22O2S. The van der Waals surface area contributed by atoms with Gasteiger partial charge in [-0.15, -0.1) is 11.8 Å². The van der Waals surface area contributed by atoms with Crippen molar-refractivity contribution in [2.45, 2.75) is 68.8 Å². The average Bonchev–Trinajstić information content (AvgIpc) is 2.15. The lowest BCUT2D eigenvalue weighted by atomic mass is 9.64. The number of rotatable bonds is 3. The summed E-state index contributed by atoms with van der Waals surface area (Å²) in [5.41, 5.74) is 0.236. The molecule has 0 amide bonds. The van der Waals surface area contributed by atoms with Gasteiger partial charge in [-0.25, -0.2) is 0 Å². The van der Waals surface area contributed by atoms with Gasteiger partial charge in [-0.05, 0) is 31.1 Å². The lowest BCUT2D eigenvalue weighted by molar-refractivity contribution is -0.145. The molecule has 0 aliphatic heterocycles. The Labute approximate surface area is 102 Å². The maximum Gasteiger partial charge on any atom is 0.319 e. The Morgan fingerprint density at radius 1 is 1.19 bits per heavy atom. The summed E-state index contributed by atoms with van der Waals surface area (Å²) in [6.45, 7) is 4.35. The van der Waals surface area contributed by atoms with E-state index in [0.29, 0.717) is 5.25 Å². The predicted octanol–water partition coefficient (Wildman–Crippen LogP) is 3.70. The van der Waals surface area contributed by atoms with Crippen LogP contribution in [-0.2, 0) is 4.79 Å². The summed E-state index contributed by atoms with van der Waals surface area (Å²) >= 11 is 1.77. The van der Waals surface area contributed by atoms with Crippen LogP contribution in [0.1, 0.15) is 58.8 Å². The second-order valence-electron chi connectivity index (χ2n) is 6.20. The van der Waals surface area contributed by atoms with Crippen molar-refractivity contribution in [2.24, 2.45) is 5.41 Å². The second kappa shape index (κ2) is 4.25. The normalized spacial score (nSPS) is 28.4. The average molecular weight is 242 g/mol. The molecule has 16 heavy (non-hydrogen) atoms. The molecule has 0 atom stereocenters. The van der Waals surface area contributed by atoms with Gasteiger partial charge in [0, 0.05) is 5.25 Å². The van der Waals surface area contributed by atoms with Crippen LogP contribution in [0.15, 0.2) is 0 Å². The fourth-order valence-corrected chi connectivity index (χ4v) is 5.54. The molecule has 0 aromatic heterocycles. The number of carbonyl (C=O) groups is 1. The van der Waals surface area contributed by atoms with E-state index < -0.39 is 10.7 Å². The van der Waals surface area contributed by atoms with Gasteiger partial charge in [0.2, 0.25) is 0 Å². The molecule has 2 fully saturated rings. The summed E-state index contributed by atoms with van der Waals surface area (Å²) in [5.74, 6) is -0.581. The maximum atomic E-state index is 11.4. The molecular weight excluding hydrogens is 220 g/mol. The van der Waals surface area contributed by atoms with Gasteiger partial charge in [0.25, 0.3) is 0 Å². The molecule has 2 nitrogen and oxygen atoms in total. The minimum Gasteiger partial charge on any atom is -0.480 e. The molecule has 3 heteroatoms. The van der Waals surface area contributed by atoms with Gasteiger partial charge < -0.3 is 5.11 Å². The molecule has 2 aliphatic carbocycles. The van der Waals surface area contributed by atoms with E-state index in [1.54, 1.807) is 11.8 Å². The van der Waals surface area contributed by atoms with Gasteiger partial charge in [0.05, 0.1) is 0 Å². The van der Waals surface area contributed by atoms with Crippen LogP contribution in [0.3, 0.4) is 0 Å². The van der Waals surface area contributed by atoms with Crippen molar-refractivity contribution < 1.29 is 9.90 Å². The monoisotopic (exact) mass is 242 g/mol. The summed E-state index contributed by atoms with van der Waals surface area (Å²) in [5, 5.41) is 10.0. The van der Waals surface area contributed by atoms with Crippen LogP contribution in [0.2, 0.25) is 0 Å². The standard InChI is InChI=1S/C13H22O2S/c1-12(2)8-13(9-12,11(14)15)16-10-6-4-3-5-7-10/h10H,3-9H2,1-2H3,(H,14,15). The lowest BCUT2D eigenvalue weighted by Crippen LogP contribution is -2.53. The second-order valence-corrected chi connectivity index (χ2v) is 7.88. The Kier molecular flexibility index (Phi) is 3.26. The van der Waals surface area contributed by atoms with Crippen molar-refractivity contribution in [3.63, 3.8) is 0 Å². The number of aliphatic carboxylic acids is 1. The lowest BCUT2D eigenvalue weighted by Gasteiger charge is -2.51. The Morgan fingerprint density at radius 2 is 1.75 bits per heavy atom. The third kappa shape index (κ3) is 2.39. The van der Waals surface area contributed by atoms with Crippen LogP contribution in [-0.4, -0.2) is 21.1 Å². The van der Waals surface area contributed by atoms with Gasteiger partial charge in [-0.2, -0.15) is 0 Å². The highest BCUT2D eigenvalue weighted by Crippen LogP contribution is 2.57. The third-order valence-corrected chi connectivity index (χ3v) is 5.58. The van der Waals surface area contributed by atoms with Crippen LogP contribution >= 0.6 is 11.8 Å². The minimum atomic E-state index is -0.581. The fourth-order valence-electron chi connectivity index (χ4n) is 3.28. The van der Waals surface area contributed by atoms with Crippen molar-refractivity contribution in [3.8, 4) is 0 Å². The first kappa shape index (κ1) is 12.3. The van der Waals surface area contributed by atoms with E-state index >= 15 is 0 Å². The first-order chi connectivity index (χ1) is 7.44. The molecule has 2 saturated carbocycles. The molecule has 0 aromatic rings. The highest BCUT2D eigenvalue weighted by Gasteiger charge is 2.55. The zero-order valence-electron chi connectivity index (χ0n) is 10.3. The Morgan fingerprint density at radius 3 is 2.19 bits per heavy atom. The molecule has 1 N–H and O–H groups in total. The molecule has 0 aromatic carbocycles. The van der Waals surface area contributed by atoms with Gasteiger partial charge in [0.1, 0.15) is 4.75 Å². The van der Waals surface area contributed by atoms with E-state index in [4.69, 9.17) is 0 Å². The fraction of sp³-hybridized carbons (Fsp3) is 0.923. The first-order valence-electron chi connectivity index (χ1n) is 6.35. The van der Waals surface area contributed by atoms with Gasteiger partial charge >= 0.3 is 5.97 Å². The van der Waals surface area contributed by atoms with E-state index in [-0.39, 0.29) is 5.41 Å². The van der Waals surface area contributed by atoms with E-state index in [2.05, 4.69) is 13.8 Å². The molecule has 0 spiro atoms. The molecule has 2 aliphatic rings. The summed E-state index contributed by atoms with van der Waals surface area (Å²) < 4.78 is -0.453. The van der Waals surface area contributed by atoms with Crippen LogP contribution in [0.25, 0.3) is 0 Å². The van der Waals surface area contributed by atoms with Crippen molar-refractivity contribution >= 4 is 17.7 Å². The predicted molar refractivity (Wildman–Crippen MR) is 67.8 cm³/mol. The van der Waals surface area contributed by atoms with Crippen molar-refractivity contribution in [2.75, 3.05) is 0 Å². The molecule has 0 saturated heterocycles. The number of carboxylic acid groups (broad SMARTS) is 1. The summed E-state index contributed by atoms with van der Waals surface area (Å²) in [4.78, 5) is 11.4. The van der Waals surface area contributed by atoms with Gasteiger partial charge in [-0.3, -0.25) is 4.79 Å². The molecule has 0 radical (unpaired) electrons. The number of thioether (sulfide) groups is 1. The molecule has 2 rings (SSSR count). The van der Waals surface area contributed by atoms with Gasteiger partial charge in [0.15, 0.2) is 0 Å². The van der Waals surface area contributed by atoms with E-state index in [1.807, 2.05) is 0 Å². The SMILES string of the molecule is CC1(C)CC(SC2CCCCC2)(C(=O)O)C1. The summed E-state index contributed by atoms with van der Waals surface area (Å²) in [7, 11) is 0. The molecule has 0 unspecified atom stereocenters. The zero-order chi connectivity index (χ0) is 11.8. The maximum absolute atomic E-state index is 11.4. The molecule has 0 heterocycles. The van der Waals surface area contributed by atoms with Crippen LogP contribution < -0.4 is 0 Å². The number of carboxylic acids is 1. The largest absolute Gasteiger partial charge is 0.480 e. The molecule has 92 valence electrons. The highest BCUT2D eigenvalue weighted by molar-refractivity contribution is 8.02. The van der Waals surface area contributed by atoms with E-state index in [9.17, 15) is 9.90 Å². The number of hydrogen-bond acceptors (Lipinski definition) is 2. The zero-order valence-corrected chi connectivity index (χ0v) is 11.1. The Bertz CT molecular complexity index is 272. The van der Waals surface area contributed by atoms with Crippen molar-refractivity contribution in [3.05, 3.63) is 0 Å². The summed E-state index contributed by atoms with van der Waals surface area (Å²) in [6, 6.07) is 0. The summed E-state index contributed by atoms with van der Waals surface area (Å²) in [6.07, 6.45) is 8.05. The van der Waals surface area contributed by atoms with Crippen LogP contribution in [0.4, 0.5) is 0 Å². The van der Waals surface area contributed by atoms with Crippen LogP contribution in [0, 0.1) is 5.41 Å². The Balaban J connectivity index is 1.96. The van der Waals surface area contributed by atoms with E-state index in [0.717, 1.165) is 12.8 Å². The topological polar surface area (TPSA) is 37.3 Å². The van der Waals surface area contributed by atoms with Crippen molar-refractivity contribution in [1.29, 1.82) is 0 Å². The quantitative estimate of drug-likeness (QED) is 0.820. The highest BCUT2D eigenvalue weighted by atomic mass is 32.2. The smallest absolute Gasteiger partial charge is 0.319 e.